The quantitative estimate of drug-likeness (QED) is 0.617. The summed E-state index contributed by atoms with van der Waals surface area (Å²) in [7, 11) is 0. The van der Waals surface area contributed by atoms with Gasteiger partial charge in [-0.15, -0.1) is 0 Å². The molecule has 1 aromatic heterocycles. The van der Waals surface area contributed by atoms with Crippen molar-refractivity contribution in [3.05, 3.63) is 71.4 Å². The molecule has 2 amide bonds. The Hall–Kier alpha value is -3.41. The second-order valence-electron chi connectivity index (χ2n) is 5.86. The van der Waals surface area contributed by atoms with E-state index in [1.807, 2.05) is 31.2 Å². The SMILES string of the molecule is Cc1cc(C(=O)NCCNC(=O)c2ccccc2O)c2ccccc2n1. The first kappa shape index (κ1) is 17.4. The molecule has 0 bridgehead atoms. The number of aromatic nitrogens is 1. The smallest absolute Gasteiger partial charge is 0.255 e. The van der Waals surface area contributed by atoms with Crippen molar-refractivity contribution in [3.8, 4) is 5.75 Å². The Labute approximate surface area is 150 Å². The number of amides is 2. The fraction of sp³-hybridized carbons (Fsp3) is 0.150. The van der Waals surface area contributed by atoms with Gasteiger partial charge in [0.2, 0.25) is 0 Å². The largest absolute Gasteiger partial charge is 0.507 e. The molecule has 0 atom stereocenters. The summed E-state index contributed by atoms with van der Waals surface area (Å²) >= 11 is 0. The zero-order valence-electron chi connectivity index (χ0n) is 14.3. The number of pyridine rings is 1. The summed E-state index contributed by atoms with van der Waals surface area (Å²) in [5, 5.41) is 15.9. The number of nitrogens with one attached hydrogen (secondary N) is 2. The van der Waals surface area contributed by atoms with Gasteiger partial charge in [-0.05, 0) is 31.2 Å². The van der Waals surface area contributed by atoms with Crippen molar-refractivity contribution in [1.29, 1.82) is 0 Å². The zero-order valence-corrected chi connectivity index (χ0v) is 14.3. The third kappa shape index (κ3) is 3.80. The number of hydrogen-bond donors (Lipinski definition) is 3. The first-order valence-corrected chi connectivity index (χ1v) is 8.27. The van der Waals surface area contributed by atoms with Gasteiger partial charge in [-0.25, -0.2) is 0 Å². The molecular formula is C20H19N3O3. The van der Waals surface area contributed by atoms with Crippen molar-refractivity contribution in [3.63, 3.8) is 0 Å². The van der Waals surface area contributed by atoms with Crippen LogP contribution < -0.4 is 10.6 Å². The summed E-state index contributed by atoms with van der Waals surface area (Å²) in [4.78, 5) is 28.9. The van der Waals surface area contributed by atoms with E-state index in [0.717, 1.165) is 16.6 Å². The lowest BCUT2D eigenvalue weighted by atomic mass is 10.1. The molecule has 0 aliphatic heterocycles. The third-order valence-corrected chi connectivity index (χ3v) is 3.93. The van der Waals surface area contributed by atoms with E-state index < -0.39 is 0 Å². The van der Waals surface area contributed by atoms with Crippen molar-refractivity contribution in [1.82, 2.24) is 15.6 Å². The fourth-order valence-corrected chi connectivity index (χ4v) is 2.70. The predicted molar refractivity (Wildman–Crippen MR) is 99.3 cm³/mol. The van der Waals surface area contributed by atoms with Crippen LogP contribution in [0.15, 0.2) is 54.6 Å². The van der Waals surface area contributed by atoms with Gasteiger partial charge in [-0.3, -0.25) is 14.6 Å². The number of fused-ring (bicyclic) bond motifs is 1. The van der Waals surface area contributed by atoms with Gasteiger partial charge in [0, 0.05) is 24.2 Å². The number of benzene rings is 2. The van der Waals surface area contributed by atoms with Crippen LogP contribution in [0.4, 0.5) is 0 Å². The monoisotopic (exact) mass is 349 g/mol. The lowest BCUT2D eigenvalue weighted by Gasteiger charge is -2.10. The van der Waals surface area contributed by atoms with Crippen LogP contribution in [0.25, 0.3) is 10.9 Å². The Balaban J connectivity index is 1.60. The Bertz CT molecular complexity index is 969. The van der Waals surface area contributed by atoms with Crippen molar-refractivity contribution in [2.24, 2.45) is 0 Å². The van der Waals surface area contributed by atoms with Crippen LogP contribution in [0.1, 0.15) is 26.4 Å². The first-order valence-electron chi connectivity index (χ1n) is 8.27. The molecular weight excluding hydrogens is 330 g/mol. The molecule has 0 unspecified atom stereocenters. The average Bonchev–Trinajstić information content (AvgIpc) is 2.64. The van der Waals surface area contributed by atoms with Gasteiger partial charge in [0.1, 0.15) is 5.75 Å². The maximum absolute atomic E-state index is 12.5. The van der Waals surface area contributed by atoms with Crippen LogP contribution >= 0.6 is 0 Å². The molecule has 3 N–H and O–H groups in total. The van der Waals surface area contributed by atoms with Crippen LogP contribution in [-0.4, -0.2) is 35.0 Å². The van der Waals surface area contributed by atoms with Crippen LogP contribution in [-0.2, 0) is 0 Å². The molecule has 0 saturated heterocycles. The van der Waals surface area contributed by atoms with E-state index in [0.29, 0.717) is 5.56 Å². The minimum Gasteiger partial charge on any atom is -0.507 e. The van der Waals surface area contributed by atoms with Crippen molar-refractivity contribution in [2.75, 3.05) is 13.1 Å². The number of hydrogen-bond acceptors (Lipinski definition) is 4. The topological polar surface area (TPSA) is 91.3 Å². The number of rotatable bonds is 5. The number of aryl methyl sites for hydroxylation is 1. The molecule has 0 fully saturated rings. The van der Waals surface area contributed by atoms with E-state index in [2.05, 4.69) is 15.6 Å². The summed E-state index contributed by atoms with van der Waals surface area (Å²) in [5.41, 5.74) is 2.29. The second-order valence-corrected chi connectivity index (χ2v) is 5.86. The molecule has 0 spiro atoms. The molecule has 1 heterocycles. The maximum Gasteiger partial charge on any atom is 0.255 e. The second kappa shape index (κ2) is 7.65. The lowest BCUT2D eigenvalue weighted by molar-refractivity contribution is 0.0927. The van der Waals surface area contributed by atoms with Gasteiger partial charge in [0.25, 0.3) is 11.8 Å². The van der Waals surface area contributed by atoms with Gasteiger partial charge in [-0.2, -0.15) is 0 Å². The Morgan fingerprint density at radius 3 is 2.27 bits per heavy atom. The highest BCUT2D eigenvalue weighted by atomic mass is 16.3. The van der Waals surface area contributed by atoms with E-state index in [1.165, 1.54) is 12.1 Å². The van der Waals surface area contributed by atoms with E-state index in [1.54, 1.807) is 18.2 Å². The van der Waals surface area contributed by atoms with Gasteiger partial charge in [-0.1, -0.05) is 30.3 Å². The number of phenols is 1. The number of carbonyl (C=O) groups is 2. The highest BCUT2D eigenvalue weighted by Crippen LogP contribution is 2.18. The number of para-hydroxylation sites is 2. The Morgan fingerprint density at radius 1 is 0.923 bits per heavy atom. The van der Waals surface area contributed by atoms with Crippen LogP contribution in [0.5, 0.6) is 5.75 Å². The Morgan fingerprint density at radius 2 is 1.54 bits per heavy atom. The molecule has 6 nitrogen and oxygen atoms in total. The van der Waals surface area contributed by atoms with Gasteiger partial charge >= 0.3 is 0 Å². The number of phenolic OH excluding ortho intramolecular Hbond substituents is 1. The first-order chi connectivity index (χ1) is 12.6. The molecule has 0 aliphatic rings. The van der Waals surface area contributed by atoms with E-state index >= 15 is 0 Å². The molecule has 26 heavy (non-hydrogen) atoms. The van der Waals surface area contributed by atoms with Crippen LogP contribution in [0, 0.1) is 6.92 Å². The zero-order chi connectivity index (χ0) is 18.5. The standard InChI is InChI=1S/C20H19N3O3/c1-13-12-16(14-6-2-4-8-17(14)23-13)20(26)22-11-10-21-19(25)15-7-3-5-9-18(15)24/h2-9,12,24H,10-11H2,1H3,(H,21,25)(H,22,26). The summed E-state index contributed by atoms with van der Waals surface area (Å²) in [5.74, 6) is -0.682. The highest BCUT2D eigenvalue weighted by Gasteiger charge is 2.12. The minimum absolute atomic E-state index is 0.0761. The van der Waals surface area contributed by atoms with Gasteiger partial charge in [0.05, 0.1) is 16.6 Å². The average molecular weight is 349 g/mol. The summed E-state index contributed by atoms with van der Waals surface area (Å²) in [6.45, 7) is 2.37. The van der Waals surface area contributed by atoms with E-state index in [-0.39, 0.29) is 36.2 Å². The highest BCUT2D eigenvalue weighted by molar-refractivity contribution is 6.06. The van der Waals surface area contributed by atoms with Gasteiger partial charge < -0.3 is 15.7 Å². The van der Waals surface area contributed by atoms with Crippen molar-refractivity contribution in [2.45, 2.75) is 6.92 Å². The number of carbonyl (C=O) groups excluding carboxylic acids is 2. The van der Waals surface area contributed by atoms with E-state index in [9.17, 15) is 14.7 Å². The number of nitrogens with zero attached hydrogens (tertiary/aromatic N) is 1. The lowest BCUT2D eigenvalue weighted by Crippen LogP contribution is -2.34. The number of aromatic hydroxyl groups is 1. The molecule has 6 heteroatoms. The summed E-state index contributed by atoms with van der Waals surface area (Å²) in [6.07, 6.45) is 0. The molecule has 3 rings (SSSR count). The molecule has 0 radical (unpaired) electrons. The van der Waals surface area contributed by atoms with Crippen LogP contribution in [0.2, 0.25) is 0 Å². The molecule has 0 aliphatic carbocycles. The van der Waals surface area contributed by atoms with Gasteiger partial charge in [0.15, 0.2) is 0 Å². The molecule has 3 aromatic rings. The fourth-order valence-electron chi connectivity index (χ4n) is 2.70. The minimum atomic E-state index is -0.387. The molecule has 2 aromatic carbocycles. The third-order valence-electron chi connectivity index (χ3n) is 3.93. The normalized spacial score (nSPS) is 10.5. The molecule has 0 saturated carbocycles. The Kier molecular flexibility index (Phi) is 5.12. The summed E-state index contributed by atoms with van der Waals surface area (Å²) in [6, 6.07) is 15.5. The predicted octanol–water partition coefficient (Wildman–Crippen LogP) is 2.41. The summed E-state index contributed by atoms with van der Waals surface area (Å²) < 4.78 is 0. The van der Waals surface area contributed by atoms with Crippen molar-refractivity contribution < 1.29 is 14.7 Å². The van der Waals surface area contributed by atoms with E-state index in [4.69, 9.17) is 0 Å². The molecule has 132 valence electrons. The van der Waals surface area contributed by atoms with Crippen LogP contribution in [0.3, 0.4) is 0 Å². The van der Waals surface area contributed by atoms with Crippen molar-refractivity contribution >= 4 is 22.7 Å². The maximum atomic E-state index is 12.5.